The molecule has 2 atom stereocenters. The number of halogens is 1. The van der Waals surface area contributed by atoms with Gasteiger partial charge in [0.2, 0.25) is 16.0 Å². The van der Waals surface area contributed by atoms with Gasteiger partial charge in [-0.3, -0.25) is 5.32 Å². The van der Waals surface area contributed by atoms with E-state index in [0.717, 1.165) is 12.8 Å². The van der Waals surface area contributed by atoms with E-state index in [0.29, 0.717) is 35.1 Å². The fraction of sp³-hybridized carbons (Fsp3) is 0.462. The first-order valence-electron chi connectivity index (χ1n) is 12.1. The number of anilines is 1. The third-order valence-electron chi connectivity index (χ3n) is 6.74. The molecule has 0 spiro atoms. The largest absolute Gasteiger partial charge is 0.485 e. The second kappa shape index (κ2) is 10.1. The maximum atomic E-state index is 13.6. The average Bonchev–Trinajstić information content (AvgIpc) is 2.82. The number of fused-ring (bicyclic) bond motifs is 1. The number of nitrogens with zero attached hydrogens (tertiary/aromatic N) is 3. The van der Waals surface area contributed by atoms with Gasteiger partial charge in [-0.05, 0) is 74.6 Å². The number of aliphatic hydroxyl groups excluding tert-OH is 1. The third kappa shape index (κ3) is 5.85. The van der Waals surface area contributed by atoms with Crippen molar-refractivity contribution in [1.29, 1.82) is 5.26 Å². The van der Waals surface area contributed by atoms with Crippen LogP contribution in [0.15, 0.2) is 52.4 Å². The van der Waals surface area contributed by atoms with Crippen LogP contribution in [0.4, 0.5) is 5.69 Å². The standard InChI is InChI=1S/C26H32ClN5O4S/c1-25(2)12-5-13-32(15-25)37(34,35)19-10-11-21-20(14-19)22(23(33)26(3,4)36-21)31-24(29-16-28)30-18-8-6-17(27)7-9-18/h6-11,14,22-23,33H,5,12-13,15H2,1-4H3,(H2,29,30,31). The van der Waals surface area contributed by atoms with Gasteiger partial charge in [0.15, 0.2) is 6.19 Å². The molecule has 3 N–H and O–H groups in total. The van der Waals surface area contributed by atoms with E-state index < -0.39 is 27.8 Å². The lowest BCUT2D eigenvalue weighted by Gasteiger charge is -2.41. The third-order valence-corrected chi connectivity index (χ3v) is 8.83. The minimum Gasteiger partial charge on any atom is -0.485 e. The lowest BCUT2D eigenvalue weighted by atomic mass is 9.85. The summed E-state index contributed by atoms with van der Waals surface area (Å²) in [5, 5.41) is 26.6. The fourth-order valence-electron chi connectivity index (χ4n) is 4.73. The lowest BCUT2D eigenvalue weighted by Crippen LogP contribution is -2.49. The van der Waals surface area contributed by atoms with E-state index in [-0.39, 0.29) is 16.3 Å². The first-order chi connectivity index (χ1) is 17.3. The van der Waals surface area contributed by atoms with Gasteiger partial charge in [0.05, 0.1) is 4.90 Å². The van der Waals surface area contributed by atoms with Crippen LogP contribution in [-0.4, -0.2) is 48.6 Å². The molecule has 2 aromatic carbocycles. The molecule has 2 aliphatic heterocycles. The molecule has 0 aromatic heterocycles. The van der Waals surface area contributed by atoms with Crippen molar-refractivity contribution in [2.45, 2.75) is 63.2 Å². The predicted octanol–water partition coefficient (Wildman–Crippen LogP) is 4.26. The van der Waals surface area contributed by atoms with Gasteiger partial charge in [-0.1, -0.05) is 25.4 Å². The molecule has 9 nitrogen and oxygen atoms in total. The smallest absolute Gasteiger partial charge is 0.243 e. The quantitative estimate of drug-likeness (QED) is 0.227. The van der Waals surface area contributed by atoms with Gasteiger partial charge >= 0.3 is 0 Å². The number of nitrogens with one attached hydrogen (secondary N) is 2. The zero-order valence-electron chi connectivity index (χ0n) is 21.3. The zero-order chi connectivity index (χ0) is 27.0. The second-order valence-electron chi connectivity index (χ2n) is 10.7. The molecular formula is C26H32ClN5O4S. The summed E-state index contributed by atoms with van der Waals surface area (Å²) in [5.74, 6) is 0.508. The van der Waals surface area contributed by atoms with Gasteiger partial charge in [-0.25, -0.2) is 13.4 Å². The molecule has 37 heavy (non-hydrogen) atoms. The summed E-state index contributed by atoms with van der Waals surface area (Å²) < 4.78 is 34.7. The monoisotopic (exact) mass is 545 g/mol. The van der Waals surface area contributed by atoms with E-state index >= 15 is 0 Å². The summed E-state index contributed by atoms with van der Waals surface area (Å²) in [6.07, 6.45) is 2.47. The van der Waals surface area contributed by atoms with Gasteiger partial charge in [-0.15, -0.1) is 0 Å². The number of nitriles is 1. The highest BCUT2D eigenvalue weighted by Crippen LogP contribution is 2.43. The highest BCUT2D eigenvalue weighted by Gasteiger charge is 2.44. The highest BCUT2D eigenvalue weighted by molar-refractivity contribution is 7.89. The van der Waals surface area contributed by atoms with Crippen LogP contribution in [0.2, 0.25) is 5.02 Å². The van der Waals surface area contributed by atoms with Crippen molar-refractivity contribution >= 4 is 33.3 Å². The van der Waals surface area contributed by atoms with E-state index in [1.54, 1.807) is 44.2 Å². The number of aliphatic imine (C=N–C) groups is 1. The first kappa shape index (κ1) is 27.2. The van der Waals surface area contributed by atoms with Crippen molar-refractivity contribution in [2.75, 3.05) is 18.4 Å². The molecule has 4 rings (SSSR count). The molecular weight excluding hydrogens is 514 g/mol. The van der Waals surface area contributed by atoms with Crippen molar-refractivity contribution in [3.63, 3.8) is 0 Å². The summed E-state index contributed by atoms with van der Waals surface area (Å²) in [6.45, 7) is 8.48. The average molecular weight is 546 g/mol. The molecule has 0 bridgehead atoms. The fourth-order valence-corrected chi connectivity index (χ4v) is 6.56. The van der Waals surface area contributed by atoms with Crippen LogP contribution in [0.3, 0.4) is 0 Å². The van der Waals surface area contributed by atoms with E-state index in [9.17, 15) is 18.8 Å². The van der Waals surface area contributed by atoms with Crippen LogP contribution in [0.1, 0.15) is 52.1 Å². The molecule has 11 heteroatoms. The summed E-state index contributed by atoms with van der Waals surface area (Å²) in [6, 6.07) is 10.6. The molecule has 198 valence electrons. The minimum absolute atomic E-state index is 0.0866. The number of aliphatic hydroxyl groups is 1. The van der Waals surface area contributed by atoms with Gasteiger partial charge < -0.3 is 15.2 Å². The topological polar surface area (TPSA) is 127 Å². The number of guanidine groups is 1. The molecule has 2 aromatic rings. The Hall–Kier alpha value is -2.84. The highest BCUT2D eigenvalue weighted by atomic mass is 35.5. The van der Waals surface area contributed by atoms with E-state index in [2.05, 4.69) is 29.5 Å². The van der Waals surface area contributed by atoms with Crippen LogP contribution in [-0.2, 0) is 10.0 Å². The van der Waals surface area contributed by atoms with Gasteiger partial charge in [0.25, 0.3) is 0 Å². The number of sulfonamides is 1. The molecule has 0 aliphatic carbocycles. The number of piperidine rings is 1. The second-order valence-corrected chi connectivity index (χ2v) is 13.1. The van der Waals surface area contributed by atoms with Crippen molar-refractivity contribution in [1.82, 2.24) is 9.62 Å². The maximum Gasteiger partial charge on any atom is 0.243 e. The van der Waals surface area contributed by atoms with Gasteiger partial charge in [-0.2, -0.15) is 9.57 Å². The number of hydrogen-bond acceptors (Lipinski definition) is 6. The molecule has 0 radical (unpaired) electrons. The minimum atomic E-state index is -3.78. The molecule has 1 saturated heterocycles. The molecule has 0 amide bonds. The van der Waals surface area contributed by atoms with Crippen molar-refractivity contribution in [3.05, 3.63) is 53.1 Å². The number of rotatable bonds is 4. The van der Waals surface area contributed by atoms with E-state index in [1.807, 2.05) is 6.19 Å². The summed E-state index contributed by atoms with van der Waals surface area (Å²) in [5.41, 5.74) is -0.0903. The van der Waals surface area contributed by atoms with Crippen LogP contribution >= 0.6 is 11.6 Å². The van der Waals surface area contributed by atoms with Crippen LogP contribution in [0.25, 0.3) is 0 Å². The van der Waals surface area contributed by atoms with Crippen LogP contribution < -0.4 is 15.4 Å². The lowest BCUT2D eigenvalue weighted by molar-refractivity contribution is -0.0568. The van der Waals surface area contributed by atoms with E-state index in [1.165, 1.54) is 16.4 Å². The molecule has 0 saturated carbocycles. The Kier molecular flexibility index (Phi) is 7.45. The zero-order valence-corrected chi connectivity index (χ0v) is 22.9. The Morgan fingerprint density at radius 2 is 1.92 bits per heavy atom. The number of benzene rings is 2. The SMILES string of the molecule is CC1(C)CCCN(S(=O)(=O)c2ccc3c(c2)C(N=C(NC#N)Nc2ccc(Cl)cc2)C(O)C(C)(C)O3)C1. The van der Waals surface area contributed by atoms with Crippen molar-refractivity contribution in [3.8, 4) is 11.9 Å². The van der Waals surface area contributed by atoms with Gasteiger partial charge in [0, 0.05) is 29.4 Å². The molecule has 2 heterocycles. The van der Waals surface area contributed by atoms with E-state index in [4.69, 9.17) is 16.3 Å². The van der Waals surface area contributed by atoms with Crippen molar-refractivity contribution < 1.29 is 18.3 Å². The maximum absolute atomic E-state index is 13.6. The Morgan fingerprint density at radius 3 is 2.57 bits per heavy atom. The Bertz CT molecular complexity index is 1340. The van der Waals surface area contributed by atoms with Crippen molar-refractivity contribution in [2.24, 2.45) is 10.4 Å². The molecule has 1 fully saturated rings. The summed E-state index contributed by atoms with van der Waals surface area (Å²) in [4.78, 5) is 4.73. The number of ether oxygens (including phenoxy) is 1. The summed E-state index contributed by atoms with van der Waals surface area (Å²) in [7, 11) is -3.78. The Labute approximate surface area is 223 Å². The molecule has 2 aliphatic rings. The predicted molar refractivity (Wildman–Crippen MR) is 143 cm³/mol. The van der Waals surface area contributed by atoms with Gasteiger partial charge in [0.1, 0.15) is 23.5 Å². The summed E-state index contributed by atoms with van der Waals surface area (Å²) >= 11 is 5.97. The normalized spacial score (nSPS) is 23.3. The van der Waals surface area contributed by atoms with Crippen LogP contribution in [0, 0.1) is 16.9 Å². The Morgan fingerprint density at radius 1 is 1.22 bits per heavy atom. The number of hydrogen-bond donors (Lipinski definition) is 3. The Balaban J connectivity index is 1.75. The van der Waals surface area contributed by atoms with Crippen LogP contribution in [0.5, 0.6) is 5.75 Å². The first-order valence-corrected chi connectivity index (χ1v) is 13.9. The molecule has 2 unspecified atom stereocenters.